The molecular formula is C3H4N4. The Bertz CT molecular complexity index is 90.5. The molecular weight excluding hydrogens is 92.1 g/mol. The van der Waals surface area contributed by atoms with E-state index in [1.807, 2.05) is 0 Å². The minimum atomic E-state index is 1.33. The Morgan fingerprint density at radius 3 is 2.29 bits per heavy atom. The first kappa shape index (κ1) is 5.63. The number of terminal acetylenes is 1. The number of hydrogen-bond donors (Lipinski definition) is 1. The lowest BCUT2D eigenvalue weighted by Gasteiger charge is -1.44. The van der Waals surface area contributed by atoms with Crippen LogP contribution in [0.3, 0.4) is 0 Å². The fourth-order valence-corrected chi connectivity index (χ4v) is 0.129. The van der Waals surface area contributed by atoms with E-state index in [4.69, 9.17) is 0 Å². The van der Waals surface area contributed by atoms with Gasteiger partial charge in [-0.1, -0.05) is 5.21 Å². The highest BCUT2D eigenvalue weighted by Gasteiger charge is 1.58. The highest BCUT2D eigenvalue weighted by atomic mass is 15.5. The number of hydrogen-bond acceptors (Lipinski definition) is 3. The number of H-pyrrole nitrogens is 1. The van der Waals surface area contributed by atoms with Gasteiger partial charge < -0.3 is 0 Å². The third-order valence-electron chi connectivity index (χ3n) is 0.270. The first-order valence-electron chi connectivity index (χ1n) is 1.50. The molecule has 0 aromatic carbocycles. The lowest BCUT2D eigenvalue weighted by molar-refractivity contribution is 0.881. The van der Waals surface area contributed by atoms with Crippen molar-refractivity contribution in [3.8, 4) is 12.8 Å². The highest BCUT2D eigenvalue weighted by molar-refractivity contribution is 4.47. The van der Waals surface area contributed by atoms with Crippen LogP contribution in [0.4, 0.5) is 0 Å². The average molecular weight is 96.1 g/mol. The molecule has 1 aromatic rings. The molecule has 1 heterocycles. The van der Waals surface area contributed by atoms with Crippen LogP contribution < -0.4 is 0 Å². The fraction of sp³-hybridized carbons (Fsp3) is 0. The Balaban J connectivity index is 0.000000162. The van der Waals surface area contributed by atoms with Crippen LogP contribution in [0.1, 0.15) is 0 Å². The fourth-order valence-electron chi connectivity index (χ4n) is 0.129. The molecule has 0 aliphatic heterocycles. The Morgan fingerprint density at radius 1 is 1.43 bits per heavy atom. The Labute approximate surface area is 40.9 Å². The molecule has 0 bridgehead atoms. The molecule has 1 rings (SSSR count). The number of rotatable bonds is 0. The van der Waals surface area contributed by atoms with E-state index in [-0.39, 0.29) is 0 Å². The monoisotopic (exact) mass is 96.0 g/mol. The minimum Gasteiger partial charge on any atom is -0.177 e. The SMILES string of the molecule is C#C.c1nn[nH]n1. The summed E-state index contributed by atoms with van der Waals surface area (Å²) in [5.74, 6) is 0. The largest absolute Gasteiger partial charge is 0.177 e. The van der Waals surface area contributed by atoms with Crippen molar-refractivity contribution in [2.45, 2.75) is 0 Å². The normalized spacial score (nSPS) is 6.00. The topological polar surface area (TPSA) is 54.5 Å². The van der Waals surface area contributed by atoms with Crippen molar-refractivity contribution < 1.29 is 0 Å². The summed E-state index contributed by atoms with van der Waals surface area (Å²) >= 11 is 0. The molecule has 36 valence electrons. The molecule has 7 heavy (non-hydrogen) atoms. The van der Waals surface area contributed by atoms with E-state index in [9.17, 15) is 0 Å². The molecule has 0 aliphatic carbocycles. The Morgan fingerprint density at radius 2 is 2.14 bits per heavy atom. The quantitative estimate of drug-likeness (QED) is 0.441. The zero-order chi connectivity index (χ0) is 5.54. The van der Waals surface area contributed by atoms with Crippen molar-refractivity contribution in [2.75, 3.05) is 0 Å². The first-order valence-corrected chi connectivity index (χ1v) is 1.50. The van der Waals surface area contributed by atoms with Crippen LogP contribution in [-0.4, -0.2) is 20.6 Å². The van der Waals surface area contributed by atoms with Crippen LogP contribution in [-0.2, 0) is 0 Å². The van der Waals surface area contributed by atoms with E-state index in [0.29, 0.717) is 0 Å². The third-order valence-corrected chi connectivity index (χ3v) is 0.270. The van der Waals surface area contributed by atoms with E-state index in [2.05, 4.69) is 33.5 Å². The summed E-state index contributed by atoms with van der Waals surface area (Å²) in [6.07, 6.45) is 9.33. The minimum absolute atomic E-state index is 1.33. The summed E-state index contributed by atoms with van der Waals surface area (Å²) in [6, 6.07) is 0. The van der Waals surface area contributed by atoms with Gasteiger partial charge in [-0.2, -0.15) is 5.21 Å². The average Bonchev–Trinajstić information content (AvgIpc) is 2.23. The van der Waals surface area contributed by atoms with Crippen molar-refractivity contribution in [3.63, 3.8) is 0 Å². The van der Waals surface area contributed by atoms with Crippen LogP contribution in [0, 0.1) is 12.8 Å². The predicted molar refractivity (Wildman–Crippen MR) is 24.1 cm³/mol. The molecule has 4 heteroatoms. The zero-order valence-electron chi connectivity index (χ0n) is 3.57. The standard InChI is InChI=1S/C2H2.CH2N4/c1-2;1-2-4-5-3-1/h1-2H;1H,(H,2,3,4,5). The number of nitrogens with one attached hydrogen (secondary N) is 1. The molecule has 4 nitrogen and oxygen atoms in total. The summed E-state index contributed by atoms with van der Waals surface area (Å²) < 4.78 is 0. The Hall–Kier alpha value is -1.37. The second kappa shape index (κ2) is 4.63. The van der Waals surface area contributed by atoms with Crippen molar-refractivity contribution >= 4 is 0 Å². The van der Waals surface area contributed by atoms with Crippen LogP contribution >= 0.6 is 0 Å². The summed E-state index contributed by atoms with van der Waals surface area (Å²) in [5.41, 5.74) is 0. The van der Waals surface area contributed by atoms with E-state index in [0.717, 1.165) is 0 Å². The molecule has 0 fully saturated rings. The molecule has 0 radical (unpaired) electrons. The lowest BCUT2D eigenvalue weighted by atomic mass is 11.4. The van der Waals surface area contributed by atoms with Crippen molar-refractivity contribution in [3.05, 3.63) is 6.33 Å². The van der Waals surface area contributed by atoms with E-state index in [1.54, 1.807) is 0 Å². The maximum atomic E-state index is 4.00. The van der Waals surface area contributed by atoms with Gasteiger partial charge in [-0.25, -0.2) is 0 Å². The maximum absolute atomic E-state index is 4.00. The molecule has 0 unspecified atom stereocenters. The van der Waals surface area contributed by atoms with Gasteiger partial charge in [0.05, 0.1) is 0 Å². The zero-order valence-corrected chi connectivity index (χ0v) is 3.57. The molecule has 0 amide bonds. The number of nitrogens with zero attached hydrogens (tertiary/aromatic N) is 3. The maximum Gasteiger partial charge on any atom is 0.161 e. The third kappa shape index (κ3) is 2.43. The Kier molecular flexibility index (Phi) is 3.72. The summed E-state index contributed by atoms with van der Waals surface area (Å²) in [6.45, 7) is 0. The smallest absolute Gasteiger partial charge is 0.161 e. The number of aromatic amines is 1. The summed E-state index contributed by atoms with van der Waals surface area (Å²) in [7, 11) is 0. The number of tetrazole rings is 1. The highest BCUT2D eigenvalue weighted by Crippen LogP contribution is 1.43. The van der Waals surface area contributed by atoms with Gasteiger partial charge in [0.25, 0.3) is 0 Å². The van der Waals surface area contributed by atoms with Crippen molar-refractivity contribution in [2.24, 2.45) is 0 Å². The molecule has 0 atom stereocenters. The van der Waals surface area contributed by atoms with Crippen LogP contribution in [0.5, 0.6) is 0 Å². The van der Waals surface area contributed by atoms with Gasteiger partial charge in [0.1, 0.15) is 0 Å². The summed E-state index contributed by atoms with van der Waals surface area (Å²) in [4.78, 5) is 0. The summed E-state index contributed by atoms with van der Waals surface area (Å²) in [5, 5.41) is 12.2. The van der Waals surface area contributed by atoms with Gasteiger partial charge in [0.15, 0.2) is 6.33 Å². The first-order chi connectivity index (χ1) is 3.50. The molecule has 0 aliphatic rings. The molecule has 0 spiro atoms. The second-order valence-corrected chi connectivity index (χ2v) is 0.560. The van der Waals surface area contributed by atoms with Crippen molar-refractivity contribution in [1.29, 1.82) is 0 Å². The van der Waals surface area contributed by atoms with Crippen molar-refractivity contribution in [1.82, 2.24) is 20.6 Å². The van der Waals surface area contributed by atoms with E-state index < -0.39 is 0 Å². The van der Waals surface area contributed by atoms with E-state index in [1.165, 1.54) is 6.33 Å². The van der Waals surface area contributed by atoms with Gasteiger partial charge in [0.2, 0.25) is 0 Å². The van der Waals surface area contributed by atoms with Crippen LogP contribution in [0.15, 0.2) is 6.33 Å². The lowest BCUT2D eigenvalue weighted by Crippen LogP contribution is -1.64. The second-order valence-electron chi connectivity index (χ2n) is 0.560. The molecule has 0 saturated heterocycles. The van der Waals surface area contributed by atoms with Crippen LogP contribution in [0.25, 0.3) is 0 Å². The molecule has 0 saturated carbocycles. The van der Waals surface area contributed by atoms with Crippen LogP contribution in [0.2, 0.25) is 0 Å². The van der Waals surface area contributed by atoms with Gasteiger partial charge in [-0.3, -0.25) is 0 Å². The number of aromatic nitrogens is 4. The van der Waals surface area contributed by atoms with E-state index >= 15 is 0 Å². The predicted octanol–water partition coefficient (Wildman–Crippen LogP) is -0.551. The molecule has 1 N–H and O–H groups in total. The van der Waals surface area contributed by atoms with Gasteiger partial charge >= 0.3 is 0 Å². The molecule has 1 aromatic heterocycles. The van der Waals surface area contributed by atoms with Gasteiger partial charge in [0, 0.05) is 0 Å². The van der Waals surface area contributed by atoms with Gasteiger partial charge in [-0.15, -0.1) is 23.0 Å². The van der Waals surface area contributed by atoms with Gasteiger partial charge in [-0.05, 0) is 0 Å².